The van der Waals surface area contributed by atoms with Crippen molar-refractivity contribution in [3.05, 3.63) is 71.0 Å². The molecule has 1 fully saturated rings. The van der Waals surface area contributed by atoms with Crippen molar-refractivity contribution in [2.75, 3.05) is 19.6 Å². The molecular formula is C22H26F3N3O. The molecule has 0 aliphatic carbocycles. The summed E-state index contributed by atoms with van der Waals surface area (Å²) in [6, 6.07) is 10.1. The highest BCUT2D eigenvalue weighted by molar-refractivity contribution is 5.77. The summed E-state index contributed by atoms with van der Waals surface area (Å²) in [5, 5.41) is 3.02. The third-order valence-electron chi connectivity index (χ3n) is 5.20. The number of benzene rings is 2. The highest BCUT2D eigenvalue weighted by Gasteiger charge is 2.22. The molecule has 2 unspecified atom stereocenters. The Morgan fingerprint density at radius 2 is 1.69 bits per heavy atom. The van der Waals surface area contributed by atoms with E-state index in [0.717, 1.165) is 37.6 Å². The number of halogens is 3. The molecule has 0 aromatic heterocycles. The molecule has 2 aromatic carbocycles. The average molecular weight is 405 g/mol. The maximum atomic E-state index is 13.8. The van der Waals surface area contributed by atoms with Crippen LogP contribution in [0.4, 0.5) is 13.2 Å². The van der Waals surface area contributed by atoms with Gasteiger partial charge in [0.15, 0.2) is 11.6 Å². The van der Waals surface area contributed by atoms with E-state index in [2.05, 4.69) is 10.2 Å². The Hall–Kier alpha value is -2.38. The smallest absolute Gasteiger partial charge is 0.222 e. The SMILES string of the molecule is NC(CC(=O)NC(CN1CCCC1)c1ccccc1)Cc1cc(F)c(F)cc1F. The topological polar surface area (TPSA) is 58.4 Å². The minimum Gasteiger partial charge on any atom is -0.348 e. The first kappa shape index (κ1) is 21.3. The van der Waals surface area contributed by atoms with E-state index >= 15 is 0 Å². The number of hydrogen-bond acceptors (Lipinski definition) is 3. The van der Waals surface area contributed by atoms with E-state index in [1.165, 1.54) is 0 Å². The Labute approximate surface area is 168 Å². The van der Waals surface area contributed by atoms with E-state index in [9.17, 15) is 18.0 Å². The van der Waals surface area contributed by atoms with Gasteiger partial charge >= 0.3 is 0 Å². The number of likely N-dealkylation sites (tertiary alicyclic amines) is 1. The first-order valence-electron chi connectivity index (χ1n) is 9.88. The van der Waals surface area contributed by atoms with Crippen LogP contribution in [0.25, 0.3) is 0 Å². The molecule has 3 N–H and O–H groups in total. The number of carbonyl (C=O) groups is 1. The van der Waals surface area contributed by atoms with Crippen molar-refractivity contribution in [1.82, 2.24) is 10.2 Å². The normalized spacial score (nSPS) is 16.6. The second-order valence-electron chi connectivity index (χ2n) is 7.56. The Kier molecular flexibility index (Phi) is 7.28. The number of carbonyl (C=O) groups excluding carboxylic acids is 1. The molecule has 1 aliphatic heterocycles. The molecule has 7 heteroatoms. The van der Waals surface area contributed by atoms with Gasteiger partial charge in [-0.1, -0.05) is 30.3 Å². The molecule has 0 spiro atoms. The van der Waals surface area contributed by atoms with E-state index in [0.29, 0.717) is 12.6 Å². The summed E-state index contributed by atoms with van der Waals surface area (Å²) < 4.78 is 40.2. The van der Waals surface area contributed by atoms with Crippen LogP contribution in [-0.2, 0) is 11.2 Å². The van der Waals surface area contributed by atoms with E-state index < -0.39 is 23.5 Å². The Morgan fingerprint density at radius 3 is 2.38 bits per heavy atom. The third kappa shape index (κ3) is 6.05. The van der Waals surface area contributed by atoms with Crippen molar-refractivity contribution >= 4 is 5.91 Å². The number of rotatable bonds is 8. The first-order chi connectivity index (χ1) is 13.9. The summed E-state index contributed by atoms with van der Waals surface area (Å²) in [6.45, 7) is 2.73. The maximum absolute atomic E-state index is 13.8. The van der Waals surface area contributed by atoms with Crippen LogP contribution < -0.4 is 11.1 Å². The van der Waals surface area contributed by atoms with E-state index in [1.54, 1.807) is 0 Å². The molecule has 3 rings (SSSR count). The molecule has 4 nitrogen and oxygen atoms in total. The minimum atomic E-state index is -1.25. The van der Waals surface area contributed by atoms with Crippen molar-refractivity contribution in [2.45, 2.75) is 37.8 Å². The van der Waals surface area contributed by atoms with Crippen molar-refractivity contribution in [3.8, 4) is 0 Å². The molecule has 0 saturated carbocycles. The van der Waals surface area contributed by atoms with Gasteiger partial charge in [0, 0.05) is 25.1 Å². The van der Waals surface area contributed by atoms with E-state index in [4.69, 9.17) is 5.73 Å². The van der Waals surface area contributed by atoms with Crippen molar-refractivity contribution < 1.29 is 18.0 Å². The van der Waals surface area contributed by atoms with Gasteiger partial charge in [-0.3, -0.25) is 4.79 Å². The molecule has 29 heavy (non-hydrogen) atoms. The largest absolute Gasteiger partial charge is 0.348 e. The molecule has 156 valence electrons. The van der Waals surface area contributed by atoms with Crippen LogP contribution >= 0.6 is 0 Å². The quantitative estimate of drug-likeness (QED) is 0.663. The fourth-order valence-electron chi connectivity index (χ4n) is 3.71. The molecule has 2 atom stereocenters. The van der Waals surface area contributed by atoms with E-state index in [-0.39, 0.29) is 30.4 Å². The van der Waals surface area contributed by atoms with Crippen LogP contribution in [0.1, 0.15) is 36.4 Å². The monoisotopic (exact) mass is 405 g/mol. The molecular weight excluding hydrogens is 379 g/mol. The zero-order valence-corrected chi connectivity index (χ0v) is 16.2. The lowest BCUT2D eigenvalue weighted by atomic mass is 10.0. The summed E-state index contributed by atoms with van der Waals surface area (Å²) in [4.78, 5) is 14.9. The van der Waals surface area contributed by atoms with E-state index in [1.807, 2.05) is 30.3 Å². The van der Waals surface area contributed by atoms with Crippen LogP contribution in [-0.4, -0.2) is 36.5 Å². The van der Waals surface area contributed by atoms with Gasteiger partial charge in [-0.25, -0.2) is 13.2 Å². The predicted octanol–water partition coefficient (Wildman–Crippen LogP) is 3.32. The number of nitrogens with one attached hydrogen (secondary N) is 1. The molecule has 1 amide bonds. The molecule has 1 heterocycles. The second kappa shape index (κ2) is 9.89. The number of amides is 1. The summed E-state index contributed by atoms with van der Waals surface area (Å²) in [5.74, 6) is -3.50. The number of nitrogens with zero attached hydrogens (tertiary/aromatic N) is 1. The van der Waals surface area contributed by atoms with Gasteiger partial charge in [-0.15, -0.1) is 0 Å². The Balaban J connectivity index is 1.61. The highest BCUT2D eigenvalue weighted by Crippen LogP contribution is 2.19. The lowest BCUT2D eigenvalue weighted by molar-refractivity contribution is -0.122. The molecule has 0 radical (unpaired) electrons. The van der Waals surface area contributed by atoms with Gasteiger partial charge in [-0.2, -0.15) is 0 Å². The van der Waals surface area contributed by atoms with Crippen molar-refractivity contribution in [1.29, 1.82) is 0 Å². The Morgan fingerprint density at radius 1 is 1.03 bits per heavy atom. The summed E-state index contributed by atoms with van der Waals surface area (Å²) in [5.41, 5.74) is 6.95. The Bertz CT molecular complexity index is 826. The molecule has 1 saturated heterocycles. The second-order valence-corrected chi connectivity index (χ2v) is 7.56. The van der Waals surface area contributed by atoms with Gasteiger partial charge in [0.1, 0.15) is 5.82 Å². The highest BCUT2D eigenvalue weighted by atomic mass is 19.2. The predicted molar refractivity (Wildman–Crippen MR) is 106 cm³/mol. The minimum absolute atomic E-state index is 0.0399. The fraction of sp³-hybridized carbons (Fsp3) is 0.409. The average Bonchev–Trinajstić information content (AvgIpc) is 3.19. The molecule has 0 bridgehead atoms. The fourth-order valence-corrected chi connectivity index (χ4v) is 3.71. The zero-order chi connectivity index (χ0) is 20.8. The van der Waals surface area contributed by atoms with Crippen LogP contribution in [0.5, 0.6) is 0 Å². The third-order valence-corrected chi connectivity index (χ3v) is 5.20. The summed E-state index contributed by atoms with van der Waals surface area (Å²) >= 11 is 0. The van der Waals surface area contributed by atoms with Crippen molar-refractivity contribution in [3.63, 3.8) is 0 Å². The zero-order valence-electron chi connectivity index (χ0n) is 16.2. The summed E-state index contributed by atoms with van der Waals surface area (Å²) in [6.07, 6.45) is 2.21. The van der Waals surface area contributed by atoms with Gasteiger partial charge in [0.2, 0.25) is 5.91 Å². The standard InChI is InChI=1S/C22H26F3N3O/c23-18-13-20(25)19(24)11-16(18)10-17(26)12-22(29)27-21(14-28-8-4-5-9-28)15-6-2-1-3-7-15/h1-3,6-7,11,13,17,21H,4-5,8-10,12,14,26H2,(H,27,29). The van der Waals surface area contributed by atoms with Gasteiger partial charge < -0.3 is 16.0 Å². The molecule has 2 aromatic rings. The summed E-state index contributed by atoms with van der Waals surface area (Å²) in [7, 11) is 0. The lowest BCUT2D eigenvalue weighted by Crippen LogP contribution is -2.39. The van der Waals surface area contributed by atoms with Crippen molar-refractivity contribution in [2.24, 2.45) is 5.73 Å². The van der Waals surface area contributed by atoms with Crippen LogP contribution in [0, 0.1) is 17.5 Å². The van der Waals surface area contributed by atoms with Crippen LogP contribution in [0.2, 0.25) is 0 Å². The van der Waals surface area contributed by atoms with Crippen LogP contribution in [0.3, 0.4) is 0 Å². The first-order valence-corrected chi connectivity index (χ1v) is 9.88. The maximum Gasteiger partial charge on any atom is 0.222 e. The van der Waals surface area contributed by atoms with Gasteiger partial charge in [-0.05, 0) is 49.5 Å². The van der Waals surface area contributed by atoms with Gasteiger partial charge in [0.25, 0.3) is 0 Å². The van der Waals surface area contributed by atoms with Gasteiger partial charge in [0.05, 0.1) is 6.04 Å². The van der Waals surface area contributed by atoms with Crippen LogP contribution in [0.15, 0.2) is 42.5 Å². The lowest BCUT2D eigenvalue weighted by Gasteiger charge is -2.25. The molecule has 1 aliphatic rings. The number of hydrogen-bond donors (Lipinski definition) is 2. The number of nitrogens with two attached hydrogens (primary N) is 1.